The van der Waals surface area contributed by atoms with Crippen LogP contribution in [0.3, 0.4) is 0 Å². The molecule has 1 unspecified atom stereocenters. The quantitative estimate of drug-likeness (QED) is 0.708. The molecular formula is C14H23NO3. The lowest BCUT2D eigenvalue weighted by molar-refractivity contribution is -0.225. The van der Waals surface area contributed by atoms with Gasteiger partial charge in [0.2, 0.25) is 0 Å². The van der Waals surface area contributed by atoms with Crippen molar-refractivity contribution in [3.05, 3.63) is 0 Å². The number of carbonyl (C=O) groups is 1. The van der Waals surface area contributed by atoms with E-state index < -0.39 is 0 Å². The third kappa shape index (κ3) is 1.48. The van der Waals surface area contributed by atoms with E-state index in [1.54, 1.807) is 0 Å². The minimum atomic E-state index is -0.208. The van der Waals surface area contributed by atoms with Crippen molar-refractivity contribution in [1.82, 2.24) is 5.06 Å². The van der Waals surface area contributed by atoms with Crippen molar-refractivity contribution < 1.29 is 14.4 Å². The average Bonchev–Trinajstić information content (AvgIpc) is 3.06. The van der Waals surface area contributed by atoms with Crippen LogP contribution >= 0.6 is 0 Å². The van der Waals surface area contributed by atoms with Crippen LogP contribution in [0.2, 0.25) is 0 Å². The Morgan fingerprint density at radius 3 is 2.33 bits per heavy atom. The number of hydroxylamine groups is 2. The number of fused-ring (bicyclic) bond motifs is 1. The van der Waals surface area contributed by atoms with Gasteiger partial charge in [0.15, 0.2) is 0 Å². The summed E-state index contributed by atoms with van der Waals surface area (Å²) in [5.74, 6) is -0.103. The Hall–Kier alpha value is -0.610. The lowest BCUT2D eigenvalue weighted by Crippen LogP contribution is -2.50. The molecule has 1 atom stereocenters. The van der Waals surface area contributed by atoms with Crippen molar-refractivity contribution >= 4 is 5.97 Å². The summed E-state index contributed by atoms with van der Waals surface area (Å²) in [5, 5.41) is 1.92. The Balaban J connectivity index is 1.93. The fourth-order valence-corrected chi connectivity index (χ4v) is 3.44. The molecule has 0 amide bonds. The SMILES string of the molecule is CCOC(=O)C1N(C(C)(C)C)OC2(CC2)C12CC2. The summed E-state index contributed by atoms with van der Waals surface area (Å²) >= 11 is 0. The molecule has 3 rings (SSSR count). The highest BCUT2D eigenvalue weighted by molar-refractivity contribution is 5.78. The Bertz CT molecular complexity index is 377. The van der Waals surface area contributed by atoms with Gasteiger partial charge in [-0.15, -0.1) is 0 Å². The molecule has 1 heterocycles. The maximum Gasteiger partial charge on any atom is 0.326 e. The summed E-state index contributed by atoms with van der Waals surface area (Å²) in [4.78, 5) is 18.5. The van der Waals surface area contributed by atoms with E-state index in [-0.39, 0.29) is 28.6 Å². The van der Waals surface area contributed by atoms with Crippen LogP contribution in [0.1, 0.15) is 53.4 Å². The molecular weight excluding hydrogens is 230 g/mol. The molecule has 0 radical (unpaired) electrons. The molecule has 4 heteroatoms. The highest BCUT2D eigenvalue weighted by atomic mass is 16.7. The van der Waals surface area contributed by atoms with Gasteiger partial charge in [-0.3, -0.25) is 9.63 Å². The summed E-state index contributed by atoms with van der Waals surface area (Å²) in [5.41, 5.74) is -0.163. The number of ether oxygens (including phenoxy) is 1. The van der Waals surface area contributed by atoms with Crippen molar-refractivity contribution in [2.75, 3.05) is 6.61 Å². The highest BCUT2D eigenvalue weighted by Crippen LogP contribution is 2.73. The molecule has 2 spiro atoms. The van der Waals surface area contributed by atoms with Gasteiger partial charge in [0.05, 0.1) is 12.2 Å². The molecule has 0 aromatic carbocycles. The third-order valence-electron chi connectivity index (χ3n) is 4.60. The van der Waals surface area contributed by atoms with Crippen LogP contribution in [0, 0.1) is 5.41 Å². The summed E-state index contributed by atoms with van der Waals surface area (Å²) < 4.78 is 5.29. The second-order valence-electron chi connectivity index (χ2n) is 6.89. The van der Waals surface area contributed by atoms with Gasteiger partial charge in [-0.05, 0) is 53.4 Å². The Kier molecular flexibility index (Phi) is 2.40. The van der Waals surface area contributed by atoms with E-state index >= 15 is 0 Å². The number of nitrogens with zero attached hydrogens (tertiary/aromatic N) is 1. The van der Waals surface area contributed by atoms with Crippen LogP contribution in [-0.4, -0.2) is 34.8 Å². The first kappa shape index (κ1) is 12.4. The smallest absolute Gasteiger partial charge is 0.326 e. The summed E-state index contributed by atoms with van der Waals surface area (Å²) in [6.07, 6.45) is 4.39. The molecule has 2 aliphatic carbocycles. The topological polar surface area (TPSA) is 38.8 Å². The highest BCUT2D eigenvalue weighted by Gasteiger charge is 2.79. The zero-order valence-electron chi connectivity index (χ0n) is 11.8. The van der Waals surface area contributed by atoms with Gasteiger partial charge in [0.25, 0.3) is 0 Å². The molecule has 0 aromatic rings. The largest absolute Gasteiger partial charge is 0.465 e. The molecule has 4 nitrogen and oxygen atoms in total. The first-order chi connectivity index (χ1) is 8.36. The van der Waals surface area contributed by atoms with Crippen LogP contribution in [0.4, 0.5) is 0 Å². The predicted molar refractivity (Wildman–Crippen MR) is 66.7 cm³/mol. The average molecular weight is 253 g/mol. The second kappa shape index (κ2) is 3.48. The third-order valence-corrected chi connectivity index (χ3v) is 4.60. The summed E-state index contributed by atoms with van der Waals surface area (Å²) in [7, 11) is 0. The molecule has 3 aliphatic rings. The van der Waals surface area contributed by atoms with Gasteiger partial charge in [0, 0.05) is 11.0 Å². The van der Waals surface area contributed by atoms with Crippen molar-refractivity contribution in [1.29, 1.82) is 0 Å². The van der Waals surface area contributed by atoms with E-state index in [9.17, 15) is 4.79 Å². The normalized spacial score (nSPS) is 31.9. The monoisotopic (exact) mass is 253 g/mol. The predicted octanol–water partition coefficient (Wildman–Crippen LogP) is 2.28. The van der Waals surface area contributed by atoms with Crippen LogP contribution < -0.4 is 0 Å². The summed E-state index contributed by atoms with van der Waals surface area (Å²) in [6, 6.07) is -0.208. The van der Waals surface area contributed by atoms with Gasteiger partial charge >= 0.3 is 5.97 Å². The van der Waals surface area contributed by atoms with Crippen molar-refractivity contribution in [3.63, 3.8) is 0 Å². The van der Waals surface area contributed by atoms with Crippen LogP contribution in [0.15, 0.2) is 0 Å². The van der Waals surface area contributed by atoms with E-state index in [4.69, 9.17) is 9.57 Å². The fraction of sp³-hybridized carbons (Fsp3) is 0.929. The minimum absolute atomic E-state index is 0.0439. The van der Waals surface area contributed by atoms with Crippen LogP contribution in [-0.2, 0) is 14.4 Å². The zero-order chi connectivity index (χ0) is 13.2. The minimum Gasteiger partial charge on any atom is -0.465 e. The van der Waals surface area contributed by atoms with Crippen LogP contribution in [0.5, 0.6) is 0 Å². The molecule has 1 saturated heterocycles. The van der Waals surface area contributed by atoms with Gasteiger partial charge in [-0.25, -0.2) is 0 Å². The van der Waals surface area contributed by atoms with Gasteiger partial charge < -0.3 is 4.74 Å². The van der Waals surface area contributed by atoms with Crippen molar-refractivity contribution in [2.45, 2.75) is 70.6 Å². The molecule has 102 valence electrons. The van der Waals surface area contributed by atoms with Gasteiger partial charge in [-0.1, -0.05) is 0 Å². The van der Waals surface area contributed by atoms with Gasteiger partial charge in [-0.2, -0.15) is 5.06 Å². The summed E-state index contributed by atoms with van der Waals surface area (Å²) in [6.45, 7) is 8.59. The molecule has 0 aromatic heterocycles. The number of carbonyl (C=O) groups excluding carboxylic acids is 1. The fourth-order valence-electron chi connectivity index (χ4n) is 3.44. The Morgan fingerprint density at radius 2 is 1.94 bits per heavy atom. The molecule has 1 aliphatic heterocycles. The Morgan fingerprint density at radius 1 is 1.33 bits per heavy atom. The number of hydrogen-bond donors (Lipinski definition) is 0. The van der Waals surface area contributed by atoms with Crippen molar-refractivity contribution in [2.24, 2.45) is 5.41 Å². The van der Waals surface area contributed by atoms with Gasteiger partial charge in [0.1, 0.15) is 6.04 Å². The number of hydrogen-bond acceptors (Lipinski definition) is 4. The first-order valence-corrected chi connectivity index (χ1v) is 7.01. The lowest BCUT2D eigenvalue weighted by Gasteiger charge is -2.34. The van der Waals surface area contributed by atoms with Crippen molar-refractivity contribution in [3.8, 4) is 0 Å². The Labute approximate surface area is 109 Å². The zero-order valence-corrected chi connectivity index (χ0v) is 11.8. The standard InChI is InChI=1S/C14H23NO3/c1-5-17-11(16)10-13(6-7-13)14(8-9-14)18-15(10)12(2,3)4/h10H,5-9H2,1-4H3. The van der Waals surface area contributed by atoms with E-state index in [1.807, 2.05) is 12.0 Å². The van der Waals surface area contributed by atoms with Crippen LogP contribution in [0.25, 0.3) is 0 Å². The maximum atomic E-state index is 12.3. The molecule has 3 fully saturated rings. The number of rotatable bonds is 2. The molecule has 0 N–H and O–H groups in total. The van der Waals surface area contributed by atoms with E-state index in [0.29, 0.717) is 6.61 Å². The lowest BCUT2D eigenvalue weighted by atomic mass is 9.87. The molecule has 18 heavy (non-hydrogen) atoms. The van der Waals surface area contributed by atoms with E-state index in [1.165, 1.54) is 0 Å². The molecule has 0 bridgehead atoms. The number of esters is 1. The molecule has 2 saturated carbocycles. The van der Waals surface area contributed by atoms with E-state index in [0.717, 1.165) is 25.7 Å². The van der Waals surface area contributed by atoms with E-state index in [2.05, 4.69) is 20.8 Å². The maximum absolute atomic E-state index is 12.3. The first-order valence-electron chi connectivity index (χ1n) is 7.01. The second-order valence-corrected chi connectivity index (χ2v) is 6.89.